The van der Waals surface area contributed by atoms with Crippen LogP contribution in [0, 0.1) is 36.5 Å². The predicted octanol–water partition coefficient (Wildman–Crippen LogP) is 18.6. The lowest BCUT2D eigenvalue weighted by atomic mass is 9.97. The fourth-order valence-corrected chi connectivity index (χ4v) is 11.0. The van der Waals surface area contributed by atoms with Crippen LogP contribution >= 0.6 is 0 Å². The quantitative estimate of drug-likeness (QED) is 0.149. The number of alkyl halides is 6. The van der Waals surface area contributed by atoms with Gasteiger partial charge < -0.3 is 9.13 Å². The largest absolute Gasteiger partial charge is 0.417 e. The zero-order valence-electron chi connectivity index (χ0n) is 40.7. The molecule has 0 N–H and O–H groups in total. The van der Waals surface area contributed by atoms with Crippen molar-refractivity contribution in [2.75, 3.05) is 0 Å². The third kappa shape index (κ3) is 7.94. The molecular weight excluding hydrogens is 963 g/mol. The minimum atomic E-state index is -4.67. The number of aryl methyl sites for hydroxylation is 2. The monoisotopic (exact) mass is 1000 g/mol. The Labute approximate surface area is 432 Å². The first-order valence-corrected chi connectivity index (χ1v) is 24.4. The summed E-state index contributed by atoms with van der Waals surface area (Å²) in [5, 5.41) is 25.0. The second-order valence-corrected chi connectivity index (χ2v) is 19.0. The maximum absolute atomic E-state index is 14.6. The van der Waals surface area contributed by atoms with Crippen molar-refractivity contribution in [2.24, 2.45) is 0 Å². The zero-order chi connectivity index (χ0) is 52.6. The Balaban J connectivity index is 1.11. The maximum Gasteiger partial charge on any atom is 0.417 e. The molecule has 4 nitrogen and oxygen atoms in total. The first-order valence-electron chi connectivity index (χ1n) is 24.4. The average Bonchev–Trinajstić information content (AvgIpc) is 3.93. The summed E-state index contributed by atoms with van der Waals surface area (Å²) >= 11 is 0. The number of rotatable bonds is 7. The van der Waals surface area contributed by atoms with E-state index in [1.807, 2.05) is 42.5 Å². The minimum absolute atomic E-state index is 0.0602. The Morgan fingerprint density at radius 1 is 0.329 bits per heavy atom. The summed E-state index contributed by atoms with van der Waals surface area (Å²) in [5.41, 5.74) is 10.6. The summed E-state index contributed by atoms with van der Waals surface area (Å²) in [6, 6.07) is 65.2. The predicted molar refractivity (Wildman–Crippen MR) is 291 cm³/mol. The highest BCUT2D eigenvalue weighted by molar-refractivity contribution is 6.13. The molecule has 0 amide bonds. The van der Waals surface area contributed by atoms with Crippen molar-refractivity contribution in [1.29, 1.82) is 10.5 Å². The molecule has 0 unspecified atom stereocenters. The van der Waals surface area contributed by atoms with E-state index in [0.29, 0.717) is 49.9 Å². The van der Waals surface area contributed by atoms with Gasteiger partial charge in [0.05, 0.1) is 55.7 Å². The molecule has 0 saturated carbocycles. The molecule has 0 aliphatic rings. The molecule has 2 heterocycles. The molecule has 0 atom stereocenters. The number of aromatic nitrogens is 2. The molecule has 10 heteroatoms. The smallest absolute Gasteiger partial charge is 0.308 e. The van der Waals surface area contributed by atoms with Gasteiger partial charge in [0.2, 0.25) is 0 Å². The molecule has 0 aliphatic carbocycles. The highest BCUT2D eigenvalue weighted by Gasteiger charge is 2.35. The van der Waals surface area contributed by atoms with E-state index in [0.717, 1.165) is 67.3 Å². The number of nitriles is 2. The van der Waals surface area contributed by atoms with E-state index >= 15 is 0 Å². The number of hydrogen-bond donors (Lipinski definition) is 0. The first-order chi connectivity index (χ1) is 36.7. The normalized spacial score (nSPS) is 11.9. The molecule has 0 bridgehead atoms. The lowest BCUT2D eigenvalue weighted by molar-refractivity contribution is -0.137. The molecule has 0 spiro atoms. The summed E-state index contributed by atoms with van der Waals surface area (Å²) < 4.78 is 91.3. The van der Waals surface area contributed by atoms with Crippen molar-refractivity contribution in [1.82, 2.24) is 9.13 Å². The van der Waals surface area contributed by atoms with Gasteiger partial charge in [-0.05, 0) is 141 Å². The molecule has 76 heavy (non-hydrogen) atoms. The summed E-state index contributed by atoms with van der Waals surface area (Å²) in [7, 11) is 0. The van der Waals surface area contributed by atoms with Crippen LogP contribution in [0.1, 0.15) is 33.4 Å². The van der Waals surface area contributed by atoms with Gasteiger partial charge in [0.1, 0.15) is 12.1 Å². The van der Waals surface area contributed by atoms with Crippen LogP contribution in [0.2, 0.25) is 0 Å². The molecule has 2 aromatic heterocycles. The number of hydrogen-bond acceptors (Lipinski definition) is 2. The Hall–Kier alpha value is -9.64. The molecule has 0 saturated heterocycles. The Kier molecular flexibility index (Phi) is 11.3. The third-order valence-electron chi connectivity index (χ3n) is 14.6. The Morgan fingerprint density at radius 2 is 0.618 bits per heavy atom. The van der Waals surface area contributed by atoms with Crippen molar-refractivity contribution in [3.8, 4) is 79.1 Å². The standard InChI is InChI=1S/C66H40F6N4/c1-39-11-3-5-13-49(39)43-23-27-53-54-28-24-44(50-14-6-4-12-40(50)2)34-62(54)75(61(53)33-43)59-31-41(19-21-47(59)37-73)42-20-22-48(38-74)60(32-42)76-63-35-45(51-15-7-9-17-57(51)65(67,68)69)25-29-55(63)56-30-26-46(36-64(56)76)52-16-8-10-18-58(52)66(70,71)72/h3-36H,1-2H3. The minimum Gasteiger partial charge on any atom is -0.308 e. The van der Waals surface area contributed by atoms with Crippen LogP contribution in [0.5, 0.6) is 0 Å². The van der Waals surface area contributed by atoms with Crippen LogP contribution in [0.25, 0.3) is 111 Å². The number of nitrogens with zero attached hydrogens (tertiary/aromatic N) is 4. The number of halogens is 6. The molecule has 366 valence electrons. The Morgan fingerprint density at radius 3 is 0.934 bits per heavy atom. The van der Waals surface area contributed by atoms with Gasteiger partial charge in [0.25, 0.3) is 0 Å². The van der Waals surface area contributed by atoms with Crippen LogP contribution in [-0.2, 0) is 12.4 Å². The molecule has 0 fully saturated rings. The van der Waals surface area contributed by atoms with E-state index in [4.69, 9.17) is 0 Å². The van der Waals surface area contributed by atoms with E-state index in [9.17, 15) is 36.9 Å². The topological polar surface area (TPSA) is 57.4 Å². The molecule has 0 radical (unpaired) electrons. The van der Waals surface area contributed by atoms with Crippen molar-refractivity contribution < 1.29 is 26.3 Å². The van der Waals surface area contributed by atoms with Gasteiger partial charge in [-0.1, -0.05) is 146 Å². The van der Waals surface area contributed by atoms with Crippen molar-refractivity contribution in [3.05, 3.63) is 240 Å². The van der Waals surface area contributed by atoms with E-state index < -0.39 is 23.5 Å². The van der Waals surface area contributed by atoms with E-state index in [2.05, 4.69) is 91.2 Å². The van der Waals surface area contributed by atoms with E-state index in [-0.39, 0.29) is 27.8 Å². The second-order valence-electron chi connectivity index (χ2n) is 19.0. The SMILES string of the molecule is Cc1ccccc1-c1ccc2c3ccc(-c4ccccc4C)cc3n(-c3cc(-c4ccc(C#N)c(-n5c6cc(-c7ccccc7C(F)(F)F)ccc6c6ccc(-c7ccccc7C(F)(F)F)cc65)c4)ccc3C#N)c2c1. The van der Waals surface area contributed by atoms with Gasteiger partial charge in [-0.2, -0.15) is 36.9 Å². The van der Waals surface area contributed by atoms with Crippen LogP contribution in [0.3, 0.4) is 0 Å². The van der Waals surface area contributed by atoms with Gasteiger partial charge in [0.15, 0.2) is 0 Å². The lowest BCUT2D eigenvalue weighted by Crippen LogP contribution is -2.07. The maximum atomic E-state index is 14.6. The van der Waals surface area contributed by atoms with Gasteiger partial charge in [0, 0.05) is 21.5 Å². The summed E-state index contributed by atoms with van der Waals surface area (Å²) in [4.78, 5) is 0. The number of benzene rings is 10. The second kappa shape index (κ2) is 18.1. The van der Waals surface area contributed by atoms with Gasteiger partial charge in [-0.3, -0.25) is 0 Å². The zero-order valence-corrected chi connectivity index (χ0v) is 40.7. The molecular formula is C66H40F6N4. The summed E-state index contributed by atoms with van der Waals surface area (Å²) in [6.07, 6.45) is -9.35. The highest BCUT2D eigenvalue weighted by atomic mass is 19.4. The first kappa shape index (κ1) is 47.4. The Bertz CT molecular complexity index is 4230. The fourth-order valence-electron chi connectivity index (χ4n) is 11.0. The molecule has 12 aromatic rings. The van der Waals surface area contributed by atoms with E-state index in [1.54, 1.807) is 59.2 Å². The third-order valence-corrected chi connectivity index (χ3v) is 14.6. The van der Waals surface area contributed by atoms with E-state index in [1.165, 1.54) is 36.4 Å². The van der Waals surface area contributed by atoms with Gasteiger partial charge >= 0.3 is 12.4 Å². The molecule has 12 rings (SSSR count). The van der Waals surface area contributed by atoms with Crippen LogP contribution in [0.4, 0.5) is 26.3 Å². The fraction of sp³-hybridized carbons (Fsp3) is 0.0606. The van der Waals surface area contributed by atoms with Gasteiger partial charge in [-0.15, -0.1) is 0 Å². The van der Waals surface area contributed by atoms with Crippen LogP contribution in [0.15, 0.2) is 206 Å². The van der Waals surface area contributed by atoms with Crippen molar-refractivity contribution in [2.45, 2.75) is 26.2 Å². The summed E-state index contributed by atoms with van der Waals surface area (Å²) in [5.74, 6) is 0. The lowest BCUT2D eigenvalue weighted by Gasteiger charge is -2.16. The number of fused-ring (bicyclic) bond motifs is 6. The van der Waals surface area contributed by atoms with Crippen LogP contribution in [-0.4, -0.2) is 9.13 Å². The molecule has 0 aliphatic heterocycles. The van der Waals surface area contributed by atoms with Crippen molar-refractivity contribution in [3.63, 3.8) is 0 Å². The van der Waals surface area contributed by atoms with Gasteiger partial charge in [-0.25, -0.2) is 0 Å². The van der Waals surface area contributed by atoms with Crippen molar-refractivity contribution >= 4 is 43.6 Å². The highest BCUT2D eigenvalue weighted by Crippen LogP contribution is 2.45. The average molecular weight is 1000 g/mol. The summed E-state index contributed by atoms with van der Waals surface area (Å²) in [6.45, 7) is 4.15. The molecule has 10 aromatic carbocycles. The van der Waals surface area contributed by atoms with Crippen LogP contribution < -0.4 is 0 Å².